The van der Waals surface area contributed by atoms with Crippen molar-refractivity contribution in [3.8, 4) is 0 Å². The van der Waals surface area contributed by atoms with E-state index in [0.717, 1.165) is 21.4 Å². The monoisotopic (exact) mass is 409 g/mol. The third-order valence-corrected chi connectivity index (χ3v) is 5.96. The van der Waals surface area contributed by atoms with Gasteiger partial charge in [-0.3, -0.25) is 4.79 Å². The van der Waals surface area contributed by atoms with Gasteiger partial charge in [0.1, 0.15) is 5.82 Å². The first-order valence-corrected chi connectivity index (χ1v) is 9.64. The van der Waals surface area contributed by atoms with Crippen LogP contribution in [0.4, 0.5) is 9.52 Å². The molecular weight excluding hydrogens is 396 g/mol. The number of hydrogen-bond acceptors (Lipinski definition) is 4. The highest BCUT2D eigenvalue weighted by molar-refractivity contribution is 7.22. The highest BCUT2D eigenvalue weighted by atomic mass is 35.5. The van der Waals surface area contributed by atoms with Crippen LogP contribution in [0.3, 0.4) is 0 Å². The van der Waals surface area contributed by atoms with Crippen LogP contribution in [-0.2, 0) is 0 Å². The molecule has 0 radical (unpaired) electrons. The molecule has 1 fully saturated rings. The smallest absolute Gasteiger partial charge is 0.255 e. The van der Waals surface area contributed by atoms with E-state index in [4.69, 9.17) is 23.2 Å². The molecule has 1 saturated heterocycles. The van der Waals surface area contributed by atoms with Crippen molar-refractivity contribution in [1.82, 2.24) is 9.88 Å². The molecule has 2 aromatic carbocycles. The zero-order valence-corrected chi connectivity index (χ0v) is 15.9. The van der Waals surface area contributed by atoms with Gasteiger partial charge in [-0.15, -0.1) is 0 Å². The predicted molar refractivity (Wildman–Crippen MR) is 104 cm³/mol. The molecule has 1 aliphatic heterocycles. The van der Waals surface area contributed by atoms with Crippen LogP contribution in [0, 0.1) is 5.82 Å². The highest BCUT2D eigenvalue weighted by Crippen LogP contribution is 2.31. The average Bonchev–Trinajstić information content (AvgIpc) is 3.04. The summed E-state index contributed by atoms with van der Waals surface area (Å²) in [6, 6.07) is 9.50. The second kappa shape index (κ2) is 7.02. The Balaban J connectivity index is 1.47. The molecule has 0 aliphatic carbocycles. The van der Waals surface area contributed by atoms with Crippen LogP contribution < -0.4 is 4.90 Å². The van der Waals surface area contributed by atoms with Crippen molar-refractivity contribution in [3.63, 3.8) is 0 Å². The van der Waals surface area contributed by atoms with Gasteiger partial charge in [0.15, 0.2) is 5.13 Å². The molecule has 0 N–H and O–H groups in total. The van der Waals surface area contributed by atoms with Gasteiger partial charge >= 0.3 is 0 Å². The van der Waals surface area contributed by atoms with E-state index in [0.29, 0.717) is 36.8 Å². The second-order valence-corrected chi connectivity index (χ2v) is 7.86. The standard InChI is InChI=1S/C18H14Cl2FN3OS/c19-11-1-4-15-16(9-11)26-18(22-15)24-7-5-23(6-8-24)17(25)13-3-2-12(21)10-14(13)20/h1-4,9-10H,5-8H2. The van der Waals surface area contributed by atoms with Crippen LogP contribution >= 0.6 is 34.5 Å². The molecule has 4 nitrogen and oxygen atoms in total. The lowest BCUT2D eigenvalue weighted by atomic mass is 10.1. The summed E-state index contributed by atoms with van der Waals surface area (Å²) in [6.07, 6.45) is 0. The number of halogens is 3. The van der Waals surface area contributed by atoms with Gasteiger partial charge in [0.05, 0.1) is 20.8 Å². The first kappa shape index (κ1) is 17.5. The van der Waals surface area contributed by atoms with Crippen LogP contribution in [0.15, 0.2) is 36.4 Å². The van der Waals surface area contributed by atoms with Gasteiger partial charge in [-0.2, -0.15) is 0 Å². The van der Waals surface area contributed by atoms with Crippen LogP contribution in [0.25, 0.3) is 10.2 Å². The van der Waals surface area contributed by atoms with E-state index in [9.17, 15) is 9.18 Å². The Bertz CT molecular complexity index is 986. The fourth-order valence-electron chi connectivity index (χ4n) is 2.96. The Hall–Kier alpha value is -1.89. The van der Waals surface area contributed by atoms with E-state index >= 15 is 0 Å². The van der Waals surface area contributed by atoms with Crippen molar-refractivity contribution < 1.29 is 9.18 Å². The molecule has 1 aromatic heterocycles. The van der Waals surface area contributed by atoms with Crippen molar-refractivity contribution in [2.75, 3.05) is 31.1 Å². The lowest BCUT2D eigenvalue weighted by Gasteiger charge is -2.34. The number of piperazine rings is 1. The number of aromatic nitrogens is 1. The SMILES string of the molecule is O=C(c1ccc(F)cc1Cl)N1CCN(c2nc3ccc(Cl)cc3s2)CC1. The predicted octanol–water partition coefficient (Wildman–Crippen LogP) is 4.70. The van der Waals surface area contributed by atoms with E-state index in [1.165, 1.54) is 12.1 Å². The summed E-state index contributed by atoms with van der Waals surface area (Å²) in [5.41, 5.74) is 1.25. The number of nitrogens with zero attached hydrogens (tertiary/aromatic N) is 3. The van der Waals surface area contributed by atoms with Crippen LogP contribution in [0.5, 0.6) is 0 Å². The number of amides is 1. The van der Waals surface area contributed by atoms with Crippen molar-refractivity contribution in [3.05, 3.63) is 57.8 Å². The maximum absolute atomic E-state index is 13.2. The maximum Gasteiger partial charge on any atom is 0.255 e. The topological polar surface area (TPSA) is 36.4 Å². The summed E-state index contributed by atoms with van der Waals surface area (Å²) in [5.74, 6) is -0.627. The molecular formula is C18H14Cl2FN3OS. The molecule has 8 heteroatoms. The molecule has 4 rings (SSSR count). The third-order valence-electron chi connectivity index (χ3n) is 4.34. The zero-order chi connectivity index (χ0) is 18.3. The van der Waals surface area contributed by atoms with Gasteiger partial charge in [0.25, 0.3) is 5.91 Å². The molecule has 0 bridgehead atoms. The maximum atomic E-state index is 13.2. The molecule has 0 unspecified atom stereocenters. The third kappa shape index (κ3) is 3.37. The summed E-state index contributed by atoms with van der Waals surface area (Å²) in [7, 11) is 0. The van der Waals surface area contributed by atoms with E-state index < -0.39 is 5.82 Å². The van der Waals surface area contributed by atoms with Crippen molar-refractivity contribution in [2.24, 2.45) is 0 Å². The molecule has 2 heterocycles. The van der Waals surface area contributed by atoms with E-state index in [1.54, 1.807) is 16.2 Å². The van der Waals surface area contributed by atoms with Gasteiger partial charge in [0.2, 0.25) is 0 Å². The highest BCUT2D eigenvalue weighted by Gasteiger charge is 2.25. The Kier molecular flexibility index (Phi) is 4.73. The number of benzene rings is 2. The van der Waals surface area contributed by atoms with E-state index in [2.05, 4.69) is 9.88 Å². The Labute approximate surface area is 163 Å². The quantitative estimate of drug-likeness (QED) is 0.614. The lowest BCUT2D eigenvalue weighted by molar-refractivity contribution is 0.0747. The van der Waals surface area contributed by atoms with Gasteiger partial charge in [-0.1, -0.05) is 34.5 Å². The first-order valence-electron chi connectivity index (χ1n) is 8.06. The molecule has 134 valence electrons. The van der Waals surface area contributed by atoms with Gasteiger partial charge in [-0.05, 0) is 36.4 Å². The summed E-state index contributed by atoms with van der Waals surface area (Å²) in [5, 5.41) is 1.76. The normalized spacial score (nSPS) is 14.9. The number of carbonyl (C=O) groups excluding carboxylic acids is 1. The molecule has 0 spiro atoms. The summed E-state index contributed by atoms with van der Waals surface area (Å²) < 4.78 is 14.2. The van der Waals surface area contributed by atoms with Crippen molar-refractivity contribution in [1.29, 1.82) is 0 Å². The van der Waals surface area contributed by atoms with Crippen molar-refractivity contribution >= 4 is 55.8 Å². The Morgan fingerprint density at radius 3 is 2.58 bits per heavy atom. The number of carbonyl (C=O) groups is 1. The van der Waals surface area contributed by atoms with Gasteiger partial charge in [0, 0.05) is 31.2 Å². The lowest BCUT2D eigenvalue weighted by Crippen LogP contribution is -2.48. The molecule has 3 aromatic rings. The number of fused-ring (bicyclic) bond motifs is 1. The zero-order valence-electron chi connectivity index (χ0n) is 13.6. The number of hydrogen-bond donors (Lipinski definition) is 0. The number of anilines is 1. The molecule has 26 heavy (non-hydrogen) atoms. The molecule has 1 aliphatic rings. The van der Waals surface area contributed by atoms with E-state index in [-0.39, 0.29) is 10.9 Å². The minimum absolute atomic E-state index is 0.139. The van der Waals surface area contributed by atoms with Crippen molar-refractivity contribution in [2.45, 2.75) is 0 Å². The number of rotatable bonds is 2. The van der Waals surface area contributed by atoms with Gasteiger partial charge < -0.3 is 9.80 Å². The summed E-state index contributed by atoms with van der Waals surface area (Å²) in [4.78, 5) is 21.2. The Morgan fingerprint density at radius 1 is 1.08 bits per heavy atom. The van der Waals surface area contributed by atoms with Crippen LogP contribution in [0.2, 0.25) is 10.0 Å². The first-order chi connectivity index (χ1) is 12.5. The molecule has 0 saturated carbocycles. The second-order valence-electron chi connectivity index (χ2n) is 6.01. The van der Waals surface area contributed by atoms with Gasteiger partial charge in [-0.25, -0.2) is 9.37 Å². The minimum Gasteiger partial charge on any atom is -0.345 e. The summed E-state index contributed by atoms with van der Waals surface area (Å²) in [6.45, 7) is 2.47. The minimum atomic E-state index is -0.452. The number of thiazole rings is 1. The summed E-state index contributed by atoms with van der Waals surface area (Å²) >= 11 is 13.6. The fourth-order valence-corrected chi connectivity index (χ4v) is 4.50. The average molecular weight is 410 g/mol. The fraction of sp³-hybridized carbons (Fsp3) is 0.222. The van der Waals surface area contributed by atoms with Crippen LogP contribution in [0.1, 0.15) is 10.4 Å². The molecule has 0 atom stereocenters. The van der Waals surface area contributed by atoms with E-state index in [1.807, 2.05) is 18.2 Å². The van der Waals surface area contributed by atoms with Crippen LogP contribution in [-0.4, -0.2) is 42.0 Å². The molecule has 1 amide bonds. The largest absolute Gasteiger partial charge is 0.345 e. The Morgan fingerprint density at radius 2 is 1.85 bits per heavy atom.